The molecule has 0 spiro atoms. The maximum absolute atomic E-state index is 12.0. The van der Waals surface area contributed by atoms with Crippen molar-refractivity contribution in [3.63, 3.8) is 0 Å². The number of amides is 1. The second-order valence-electron chi connectivity index (χ2n) is 4.90. The molecule has 0 heterocycles. The van der Waals surface area contributed by atoms with Crippen LogP contribution in [0.25, 0.3) is 0 Å². The third-order valence-corrected chi connectivity index (χ3v) is 3.20. The van der Waals surface area contributed by atoms with Gasteiger partial charge in [-0.05, 0) is 42.0 Å². The van der Waals surface area contributed by atoms with E-state index in [1.807, 2.05) is 30.3 Å². The first-order chi connectivity index (χ1) is 11.6. The number of benzene rings is 2. The molecule has 0 fully saturated rings. The van der Waals surface area contributed by atoms with E-state index in [-0.39, 0.29) is 11.3 Å². The van der Waals surface area contributed by atoms with Crippen LogP contribution in [0.5, 0.6) is 11.5 Å². The van der Waals surface area contributed by atoms with Gasteiger partial charge in [0.25, 0.3) is 5.91 Å². The van der Waals surface area contributed by atoms with Gasteiger partial charge in [-0.3, -0.25) is 4.79 Å². The highest BCUT2D eigenvalue weighted by molar-refractivity contribution is 6.06. The van der Waals surface area contributed by atoms with Crippen LogP contribution in [0.1, 0.15) is 5.56 Å². The molecular formula is C18H17N3O3. The van der Waals surface area contributed by atoms with Gasteiger partial charge in [0.2, 0.25) is 0 Å². The summed E-state index contributed by atoms with van der Waals surface area (Å²) in [6.07, 6.45) is 1.37. The summed E-state index contributed by atoms with van der Waals surface area (Å²) >= 11 is 0. The van der Waals surface area contributed by atoms with Crippen LogP contribution >= 0.6 is 0 Å². The molecule has 0 saturated carbocycles. The number of methoxy groups -OCH3 is 1. The summed E-state index contributed by atoms with van der Waals surface area (Å²) in [6, 6.07) is 15.3. The van der Waals surface area contributed by atoms with Gasteiger partial charge in [0, 0.05) is 18.4 Å². The van der Waals surface area contributed by atoms with Gasteiger partial charge in [-0.25, -0.2) is 0 Å². The van der Waals surface area contributed by atoms with Crippen molar-refractivity contribution >= 4 is 11.6 Å². The van der Waals surface area contributed by atoms with Crippen LogP contribution in [0.2, 0.25) is 0 Å². The van der Waals surface area contributed by atoms with Crippen molar-refractivity contribution in [3.05, 3.63) is 65.9 Å². The van der Waals surface area contributed by atoms with Gasteiger partial charge in [-0.2, -0.15) is 5.26 Å². The number of hydrogen-bond donors (Lipinski definition) is 3. The highest BCUT2D eigenvalue weighted by Gasteiger charge is 2.09. The molecule has 6 heteroatoms. The lowest BCUT2D eigenvalue weighted by Gasteiger charge is -2.06. The van der Waals surface area contributed by atoms with Crippen molar-refractivity contribution in [2.45, 2.75) is 6.54 Å². The number of carbonyl (C=O) groups is 1. The topological polar surface area (TPSA) is 94.4 Å². The Morgan fingerprint density at radius 3 is 2.46 bits per heavy atom. The zero-order chi connectivity index (χ0) is 17.4. The molecule has 0 aliphatic heterocycles. The van der Waals surface area contributed by atoms with Crippen molar-refractivity contribution in [1.82, 2.24) is 5.32 Å². The molecule has 0 saturated heterocycles. The lowest BCUT2D eigenvalue weighted by atomic mass is 10.2. The van der Waals surface area contributed by atoms with Crippen LogP contribution in [0.3, 0.4) is 0 Å². The quantitative estimate of drug-likeness (QED) is 0.431. The van der Waals surface area contributed by atoms with Crippen molar-refractivity contribution in [3.8, 4) is 17.6 Å². The van der Waals surface area contributed by atoms with Crippen molar-refractivity contribution < 1.29 is 14.6 Å². The van der Waals surface area contributed by atoms with Gasteiger partial charge in [-0.1, -0.05) is 12.1 Å². The molecule has 0 aromatic heterocycles. The third-order valence-electron chi connectivity index (χ3n) is 3.20. The summed E-state index contributed by atoms with van der Waals surface area (Å²) < 4.78 is 5.08. The van der Waals surface area contributed by atoms with E-state index in [2.05, 4.69) is 10.6 Å². The number of carbonyl (C=O) groups excluding carboxylic acids is 1. The molecule has 2 rings (SSSR count). The minimum atomic E-state index is -0.523. The third kappa shape index (κ3) is 4.78. The highest BCUT2D eigenvalue weighted by atomic mass is 16.5. The van der Waals surface area contributed by atoms with Crippen LogP contribution in [-0.4, -0.2) is 18.1 Å². The summed E-state index contributed by atoms with van der Waals surface area (Å²) in [4.78, 5) is 12.0. The number of phenolic OH excluding ortho intramolecular Hbond substituents is 1. The molecule has 122 valence electrons. The van der Waals surface area contributed by atoms with Crippen LogP contribution in [0.15, 0.2) is 60.3 Å². The summed E-state index contributed by atoms with van der Waals surface area (Å²) in [5.74, 6) is 0.343. The van der Waals surface area contributed by atoms with Crippen LogP contribution < -0.4 is 15.4 Å². The van der Waals surface area contributed by atoms with Crippen LogP contribution in [0.4, 0.5) is 5.69 Å². The normalized spacial score (nSPS) is 10.6. The molecular weight excluding hydrogens is 306 g/mol. The lowest BCUT2D eigenvalue weighted by Crippen LogP contribution is -2.16. The minimum Gasteiger partial charge on any atom is -0.508 e. The molecule has 0 unspecified atom stereocenters. The standard InChI is InChI=1S/C18H17N3O3/c1-24-17-8-2-13(3-9-17)11-20-12-14(10-19)18(23)21-15-4-6-16(22)7-5-15/h2-9,12,20,22H,11H2,1H3,(H,21,23)/b14-12-. The average Bonchev–Trinajstić information content (AvgIpc) is 2.61. The number of nitrogens with zero attached hydrogens (tertiary/aromatic N) is 1. The van der Waals surface area contributed by atoms with Gasteiger partial charge in [0.1, 0.15) is 23.1 Å². The Kier molecular flexibility index (Phi) is 5.81. The Bertz CT molecular complexity index is 760. The molecule has 1 amide bonds. The molecule has 2 aromatic carbocycles. The molecule has 0 radical (unpaired) electrons. The number of aromatic hydroxyl groups is 1. The molecule has 6 nitrogen and oxygen atoms in total. The van der Waals surface area contributed by atoms with Crippen molar-refractivity contribution in [1.29, 1.82) is 5.26 Å². The first-order valence-electron chi connectivity index (χ1n) is 7.19. The molecule has 0 atom stereocenters. The lowest BCUT2D eigenvalue weighted by molar-refractivity contribution is -0.112. The average molecular weight is 323 g/mol. The molecule has 0 bridgehead atoms. The smallest absolute Gasteiger partial charge is 0.267 e. The molecule has 0 aliphatic carbocycles. The Labute approximate surface area is 140 Å². The summed E-state index contributed by atoms with van der Waals surface area (Å²) in [5.41, 5.74) is 1.44. The summed E-state index contributed by atoms with van der Waals surface area (Å²) in [5, 5.41) is 23.8. The molecule has 0 aliphatic rings. The predicted octanol–water partition coefficient (Wildman–Crippen LogP) is 2.54. The van der Waals surface area contributed by atoms with Gasteiger partial charge in [0.15, 0.2) is 0 Å². The van der Waals surface area contributed by atoms with Crippen molar-refractivity contribution in [2.75, 3.05) is 12.4 Å². The maximum atomic E-state index is 12.0. The maximum Gasteiger partial charge on any atom is 0.267 e. The summed E-state index contributed by atoms with van der Waals surface area (Å²) in [7, 11) is 1.60. The monoisotopic (exact) mass is 323 g/mol. The van der Waals surface area contributed by atoms with Crippen molar-refractivity contribution in [2.24, 2.45) is 0 Å². The van der Waals surface area contributed by atoms with E-state index in [4.69, 9.17) is 10.00 Å². The first kappa shape index (κ1) is 16.9. The number of phenols is 1. The highest BCUT2D eigenvalue weighted by Crippen LogP contribution is 2.14. The van der Waals surface area contributed by atoms with E-state index in [1.54, 1.807) is 19.2 Å². The molecule has 3 N–H and O–H groups in total. The van der Waals surface area contributed by atoms with Gasteiger partial charge < -0.3 is 20.5 Å². The number of ether oxygens (including phenoxy) is 1. The zero-order valence-electron chi connectivity index (χ0n) is 13.1. The van der Waals surface area contributed by atoms with Crippen LogP contribution in [0, 0.1) is 11.3 Å². The van der Waals surface area contributed by atoms with Crippen LogP contribution in [-0.2, 0) is 11.3 Å². The fourth-order valence-corrected chi connectivity index (χ4v) is 1.91. The fourth-order valence-electron chi connectivity index (χ4n) is 1.91. The zero-order valence-corrected chi connectivity index (χ0v) is 13.1. The number of rotatable bonds is 6. The second kappa shape index (κ2) is 8.25. The second-order valence-corrected chi connectivity index (χ2v) is 4.90. The van der Waals surface area contributed by atoms with E-state index < -0.39 is 5.91 Å². The Hall–Kier alpha value is -3.46. The number of hydrogen-bond acceptors (Lipinski definition) is 5. The predicted molar refractivity (Wildman–Crippen MR) is 90.3 cm³/mol. The number of nitriles is 1. The molecule has 24 heavy (non-hydrogen) atoms. The van der Waals surface area contributed by atoms with Gasteiger partial charge >= 0.3 is 0 Å². The Balaban J connectivity index is 1.93. The summed E-state index contributed by atoms with van der Waals surface area (Å²) in [6.45, 7) is 0.474. The van der Waals surface area contributed by atoms with E-state index in [1.165, 1.54) is 18.3 Å². The minimum absolute atomic E-state index is 0.0448. The van der Waals surface area contributed by atoms with E-state index in [9.17, 15) is 9.90 Å². The Morgan fingerprint density at radius 2 is 1.88 bits per heavy atom. The van der Waals surface area contributed by atoms with E-state index >= 15 is 0 Å². The fraction of sp³-hybridized carbons (Fsp3) is 0.111. The van der Waals surface area contributed by atoms with E-state index in [0.717, 1.165) is 11.3 Å². The SMILES string of the molecule is COc1ccc(CN/C=C(/C#N)C(=O)Nc2ccc(O)cc2)cc1. The van der Waals surface area contributed by atoms with Gasteiger partial charge in [0.05, 0.1) is 7.11 Å². The molecule has 2 aromatic rings. The van der Waals surface area contributed by atoms with Gasteiger partial charge in [-0.15, -0.1) is 0 Å². The Morgan fingerprint density at radius 1 is 1.21 bits per heavy atom. The van der Waals surface area contributed by atoms with E-state index in [0.29, 0.717) is 12.2 Å². The first-order valence-corrected chi connectivity index (χ1v) is 7.19. The largest absolute Gasteiger partial charge is 0.508 e. The number of nitrogens with one attached hydrogen (secondary N) is 2. The number of anilines is 1.